The van der Waals surface area contributed by atoms with E-state index in [-0.39, 0.29) is 29.9 Å². The van der Waals surface area contributed by atoms with Crippen molar-refractivity contribution in [3.8, 4) is 0 Å². The van der Waals surface area contributed by atoms with Crippen LogP contribution in [0.5, 0.6) is 0 Å². The first-order valence-electron chi connectivity index (χ1n) is 6.31. The van der Waals surface area contributed by atoms with Crippen LogP contribution in [-0.2, 0) is 14.4 Å². The van der Waals surface area contributed by atoms with Crippen LogP contribution in [0, 0.1) is 5.41 Å². The number of nitrogens with two attached hydrogens (primary N) is 1. The Balaban J connectivity index is 4.33. The molecule has 110 valence electrons. The van der Waals surface area contributed by atoms with Crippen LogP contribution in [0.25, 0.3) is 0 Å². The highest BCUT2D eigenvalue weighted by Gasteiger charge is 2.24. The van der Waals surface area contributed by atoms with Crippen LogP contribution in [0.15, 0.2) is 0 Å². The van der Waals surface area contributed by atoms with Gasteiger partial charge < -0.3 is 16.2 Å². The maximum Gasteiger partial charge on any atom is 0.320 e. The number of carboxylic acids is 1. The van der Waals surface area contributed by atoms with E-state index in [1.54, 1.807) is 0 Å². The van der Waals surface area contributed by atoms with E-state index in [9.17, 15) is 14.4 Å². The molecule has 0 aliphatic heterocycles. The number of hydrogen-bond donors (Lipinski definition) is 3. The third-order valence-electron chi connectivity index (χ3n) is 2.64. The summed E-state index contributed by atoms with van der Waals surface area (Å²) in [5.74, 6) is -1.59. The van der Waals surface area contributed by atoms with Crippen molar-refractivity contribution in [2.45, 2.75) is 59.0 Å². The molecule has 0 aromatic carbocycles. The summed E-state index contributed by atoms with van der Waals surface area (Å²) in [5.41, 5.74) is 5.23. The van der Waals surface area contributed by atoms with E-state index in [0.717, 1.165) is 0 Å². The number of carbonyl (C=O) groups is 3. The Morgan fingerprint density at radius 3 is 2.16 bits per heavy atom. The molecule has 2 unspecified atom stereocenters. The highest BCUT2D eigenvalue weighted by molar-refractivity contribution is 5.87. The van der Waals surface area contributed by atoms with Crippen LogP contribution >= 0.6 is 0 Å². The van der Waals surface area contributed by atoms with Crippen molar-refractivity contribution in [2.75, 3.05) is 0 Å². The van der Waals surface area contributed by atoms with Crippen molar-refractivity contribution < 1.29 is 19.5 Å². The molecule has 0 aromatic heterocycles. The second kappa shape index (κ2) is 7.23. The maximum absolute atomic E-state index is 11.7. The van der Waals surface area contributed by atoms with E-state index >= 15 is 0 Å². The number of aliphatic carboxylic acids is 1. The van der Waals surface area contributed by atoms with Crippen LogP contribution in [-0.4, -0.2) is 34.8 Å². The van der Waals surface area contributed by atoms with Crippen molar-refractivity contribution >= 4 is 17.7 Å². The van der Waals surface area contributed by atoms with Crippen molar-refractivity contribution in [3.05, 3.63) is 0 Å². The first kappa shape index (κ1) is 17.6. The number of rotatable bonds is 7. The number of Topliss-reactive ketones (excluding diaryl/α,β-unsaturated/α-hetero) is 1. The lowest BCUT2D eigenvalue weighted by Crippen LogP contribution is -2.42. The number of ketones is 1. The molecule has 0 bridgehead atoms. The number of carboxylic acid groups (broad SMARTS) is 1. The fourth-order valence-corrected chi connectivity index (χ4v) is 1.59. The zero-order valence-electron chi connectivity index (χ0n) is 12.0. The number of hydrogen-bond acceptors (Lipinski definition) is 4. The third kappa shape index (κ3) is 8.31. The molecule has 0 saturated carbocycles. The SMILES string of the molecule is CC(=O)C(CC(C)(C)C)NC(=O)CCC(N)C(=O)O. The summed E-state index contributed by atoms with van der Waals surface area (Å²) >= 11 is 0. The summed E-state index contributed by atoms with van der Waals surface area (Å²) in [4.78, 5) is 33.6. The summed E-state index contributed by atoms with van der Waals surface area (Å²) in [6.45, 7) is 7.37. The predicted molar refractivity (Wildman–Crippen MR) is 71.5 cm³/mol. The number of nitrogens with one attached hydrogen (secondary N) is 1. The van der Waals surface area contributed by atoms with Crippen molar-refractivity contribution in [1.82, 2.24) is 5.32 Å². The average molecular weight is 272 g/mol. The highest BCUT2D eigenvalue weighted by Crippen LogP contribution is 2.21. The lowest BCUT2D eigenvalue weighted by Gasteiger charge is -2.25. The smallest absolute Gasteiger partial charge is 0.320 e. The first-order valence-corrected chi connectivity index (χ1v) is 6.31. The molecule has 2 atom stereocenters. The first-order chi connectivity index (χ1) is 8.53. The Bertz CT molecular complexity index is 347. The summed E-state index contributed by atoms with van der Waals surface area (Å²) in [6, 6.07) is -1.59. The zero-order chi connectivity index (χ0) is 15.2. The largest absolute Gasteiger partial charge is 0.480 e. The lowest BCUT2D eigenvalue weighted by atomic mass is 9.87. The summed E-state index contributed by atoms with van der Waals surface area (Å²) in [5, 5.41) is 11.2. The van der Waals surface area contributed by atoms with Gasteiger partial charge in [0.25, 0.3) is 0 Å². The average Bonchev–Trinajstić information content (AvgIpc) is 2.22. The molecule has 1 amide bonds. The van der Waals surface area contributed by atoms with Crippen LogP contribution in [0.1, 0.15) is 47.0 Å². The molecule has 0 aromatic rings. The fraction of sp³-hybridized carbons (Fsp3) is 0.769. The third-order valence-corrected chi connectivity index (χ3v) is 2.64. The van der Waals surface area contributed by atoms with Gasteiger partial charge in [-0.1, -0.05) is 20.8 Å². The van der Waals surface area contributed by atoms with Crippen LogP contribution in [0.4, 0.5) is 0 Å². The van der Waals surface area contributed by atoms with Crippen molar-refractivity contribution in [1.29, 1.82) is 0 Å². The molecule has 4 N–H and O–H groups in total. The van der Waals surface area contributed by atoms with Gasteiger partial charge in [0.1, 0.15) is 6.04 Å². The van der Waals surface area contributed by atoms with Gasteiger partial charge in [-0.2, -0.15) is 0 Å². The Morgan fingerprint density at radius 1 is 1.26 bits per heavy atom. The summed E-state index contributed by atoms with van der Waals surface area (Å²) < 4.78 is 0. The molecule has 0 saturated heterocycles. The van der Waals surface area contributed by atoms with E-state index < -0.39 is 18.1 Å². The highest BCUT2D eigenvalue weighted by atomic mass is 16.4. The minimum Gasteiger partial charge on any atom is -0.480 e. The molecule has 0 heterocycles. The van der Waals surface area contributed by atoms with Gasteiger partial charge in [0.15, 0.2) is 5.78 Å². The number of amides is 1. The van der Waals surface area contributed by atoms with Gasteiger partial charge in [-0.3, -0.25) is 14.4 Å². The van der Waals surface area contributed by atoms with Gasteiger partial charge in [0.2, 0.25) is 5.91 Å². The Morgan fingerprint density at radius 2 is 1.79 bits per heavy atom. The Labute approximate surface area is 113 Å². The quantitative estimate of drug-likeness (QED) is 0.631. The molecule has 0 fully saturated rings. The minimum atomic E-state index is -1.13. The van der Waals surface area contributed by atoms with E-state index in [1.165, 1.54) is 6.92 Å². The molecule has 0 aliphatic carbocycles. The van der Waals surface area contributed by atoms with Crippen LogP contribution in [0.2, 0.25) is 0 Å². The van der Waals surface area contributed by atoms with E-state index in [2.05, 4.69) is 5.32 Å². The fourth-order valence-electron chi connectivity index (χ4n) is 1.59. The van der Waals surface area contributed by atoms with Gasteiger partial charge in [0.05, 0.1) is 6.04 Å². The minimum absolute atomic E-state index is 0.00138. The molecule has 6 heteroatoms. The van der Waals surface area contributed by atoms with E-state index in [4.69, 9.17) is 10.8 Å². The number of carbonyl (C=O) groups excluding carboxylic acids is 2. The van der Waals surface area contributed by atoms with Gasteiger partial charge in [-0.05, 0) is 25.2 Å². The molecular formula is C13H24N2O4. The zero-order valence-corrected chi connectivity index (χ0v) is 12.0. The Hall–Kier alpha value is -1.43. The van der Waals surface area contributed by atoms with Gasteiger partial charge in [-0.15, -0.1) is 0 Å². The maximum atomic E-state index is 11.7. The molecule has 0 rings (SSSR count). The lowest BCUT2D eigenvalue weighted by molar-refractivity contribution is -0.138. The van der Waals surface area contributed by atoms with Crippen LogP contribution in [0.3, 0.4) is 0 Å². The molecule has 0 spiro atoms. The molecule has 0 radical (unpaired) electrons. The normalized spacial score (nSPS) is 14.6. The predicted octanol–water partition coefficient (Wildman–Crippen LogP) is 0.689. The van der Waals surface area contributed by atoms with Gasteiger partial charge in [0, 0.05) is 6.42 Å². The molecule has 6 nitrogen and oxygen atoms in total. The van der Waals surface area contributed by atoms with Crippen LogP contribution < -0.4 is 11.1 Å². The Kier molecular flexibility index (Phi) is 6.69. The second-order valence-corrected chi connectivity index (χ2v) is 5.98. The van der Waals surface area contributed by atoms with Gasteiger partial charge in [-0.25, -0.2) is 0 Å². The van der Waals surface area contributed by atoms with Crippen molar-refractivity contribution in [3.63, 3.8) is 0 Å². The molecule has 19 heavy (non-hydrogen) atoms. The van der Waals surface area contributed by atoms with E-state index in [0.29, 0.717) is 6.42 Å². The molecule has 0 aliphatic rings. The van der Waals surface area contributed by atoms with E-state index in [1.807, 2.05) is 20.8 Å². The molecular weight excluding hydrogens is 248 g/mol. The van der Waals surface area contributed by atoms with Gasteiger partial charge >= 0.3 is 5.97 Å². The second-order valence-electron chi connectivity index (χ2n) is 5.98. The standard InChI is InChI=1S/C13H24N2O4/c1-8(16)10(7-13(2,3)4)15-11(17)6-5-9(14)12(18)19/h9-10H,5-7,14H2,1-4H3,(H,15,17)(H,18,19). The topological polar surface area (TPSA) is 109 Å². The van der Waals surface area contributed by atoms with Crippen molar-refractivity contribution in [2.24, 2.45) is 11.1 Å². The summed E-state index contributed by atoms with van der Waals surface area (Å²) in [6.07, 6.45) is 0.599. The monoisotopic (exact) mass is 272 g/mol. The summed E-state index contributed by atoms with van der Waals surface area (Å²) in [7, 11) is 0.